The highest BCUT2D eigenvalue weighted by molar-refractivity contribution is 5.94. The molecule has 2 fully saturated rings. The molecule has 20 heavy (non-hydrogen) atoms. The monoisotopic (exact) mass is 268 g/mol. The maximum Gasteiger partial charge on any atom is 0.253 e. The molecule has 1 aromatic rings. The van der Waals surface area contributed by atoms with Crippen LogP contribution in [0.15, 0.2) is 24.3 Å². The molecule has 0 aliphatic heterocycles. The minimum absolute atomic E-state index is 0.0323. The molecule has 2 aliphatic rings. The molecular formula is C17H20N2O. The Balaban J connectivity index is 1.66. The molecule has 3 atom stereocenters. The van der Waals surface area contributed by atoms with E-state index in [9.17, 15) is 4.79 Å². The number of benzene rings is 1. The van der Waals surface area contributed by atoms with Crippen molar-refractivity contribution in [2.75, 3.05) is 13.6 Å². The number of amides is 1. The number of rotatable bonds is 3. The number of nitriles is 1. The summed E-state index contributed by atoms with van der Waals surface area (Å²) in [5, 5.41) is 8.91. The molecule has 104 valence electrons. The lowest BCUT2D eigenvalue weighted by Gasteiger charge is -2.27. The molecule has 0 N–H and O–H groups in total. The fourth-order valence-electron chi connectivity index (χ4n) is 3.98. The second-order valence-electron chi connectivity index (χ2n) is 6.31. The summed E-state index contributed by atoms with van der Waals surface area (Å²) in [5.41, 5.74) is 1.17. The minimum Gasteiger partial charge on any atom is -0.341 e. The van der Waals surface area contributed by atoms with Crippen LogP contribution in [0.2, 0.25) is 0 Å². The zero-order valence-electron chi connectivity index (χ0n) is 11.9. The normalized spacial score (nSPS) is 27.3. The van der Waals surface area contributed by atoms with E-state index in [-0.39, 0.29) is 5.91 Å². The molecule has 2 aliphatic carbocycles. The molecule has 2 bridgehead atoms. The Hall–Kier alpha value is -1.82. The molecule has 0 saturated heterocycles. The van der Waals surface area contributed by atoms with Crippen LogP contribution in [-0.2, 0) is 0 Å². The lowest BCUT2D eigenvalue weighted by molar-refractivity contribution is 0.0754. The van der Waals surface area contributed by atoms with Crippen LogP contribution in [0.4, 0.5) is 0 Å². The van der Waals surface area contributed by atoms with Gasteiger partial charge in [0.1, 0.15) is 0 Å². The van der Waals surface area contributed by atoms with Gasteiger partial charge < -0.3 is 4.90 Å². The zero-order chi connectivity index (χ0) is 14.1. The van der Waals surface area contributed by atoms with Crippen molar-refractivity contribution in [3.63, 3.8) is 0 Å². The van der Waals surface area contributed by atoms with E-state index in [0.717, 1.165) is 18.4 Å². The number of nitrogens with zero attached hydrogens (tertiary/aromatic N) is 2. The van der Waals surface area contributed by atoms with Gasteiger partial charge in [0.05, 0.1) is 11.6 Å². The number of hydrogen-bond acceptors (Lipinski definition) is 2. The van der Waals surface area contributed by atoms with Crippen molar-refractivity contribution in [2.24, 2.45) is 17.8 Å². The smallest absolute Gasteiger partial charge is 0.253 e. The number of fused-ring (bicyclic) bond motifs is 2. The largest absolute Gasteiger partial charge is 0.341 e. The van der Waals surface area contributed by atoms with E-state index in [4.69, 9.17) is 5.26 Å². The number of hydrogen-bond donors (Lipinski definition) is 0. The van der Waals surface area contributed by atoms with Crippen LogP contribution >= 0.6 is 0 Å². The van der Waals surface area contributed by atoms with Crippen LogP contribution in [0.3, 0.4) is 0 Å². The third kappa shape index (κ3) is 2.43. The van der Waals surface area contributed by atoms with Gasteiger partial charge in [-0.2, -0.15) is 5.26 Å². The number of carbonyl (C=O) groups is 1. The predicted octanol–water partition coefficient (Wildman–Crippen LogP) is 3.07. The van der Waals surface area contributed by atoms with E-state index in [2.05, 4.69) is 6.07 Å². The molecule has 3 heteroatoms. The molecular weight excluding hydrogens is 248 g/mol. The first-order chi connectivity index (χ1) is 9.67. The molecule has 0 radical (unpaired) electrons. The summed E-state index contributed by atoms with van der Waals surface area (Å²) in [6.45, 7) is 0.858. The van der Waals surface area contributed by atoms with Crippen LogP contribution in [0, 0.1) is 29.1 Å². The van der Waals surface area contributed by atoms with Crippen molar-refractivity contribution in [1.29, 1.82) is 5.26 Å². The molecule has 0 spiro atoms. The van der Waals surface area contributed by atoms with Gasteiger partial charge in [0.2, 0.25) is 0 Å². The summed E-state index contributed by atoms with van der Waals surface area (Å²) in [6, 6.07) is 9.06. The van der Waals surface area contributed by atoms with Gasteiger partial charge in [0.15, 0.2) is 0 Å². The molecule has 3 rings (SSSR count). The fraction of sp³-hybridized carbons (Fsp3) is 0.529. The quantitative estimate of drug-likeness (QED) is 0.845. The van der Waals surface area contributed by atoms with Crippen LogP contribution in [-0.4, -0.2) is 24.4 Å². The maximum atomic E-state index is 12.4. The van der Waals surface area contributed by atoms with E-state index in [1.54, 1.807) is 24.3 Å². The van der Waals surface area contributed by atoms with E-state index in [1.807, 2.05) is 11.9 Å². The van der Waals surface area contributed by atoms with Gasteiger partial charge in [-0.3, -0.25) is 4.79 Å². The van der Waals surface area contributed by atoms with Crippen molar-refractivity contribution in [3.05, 3.63) is 35.4 Å². The lowest BCUT2D eigenvalue weighted by atomic mass is 9.88. The van der Waals surface area contributed by atoms with Gasteiger partial charge in [0.25, 0.3) is 5.91 Å². The Morgan fingerprint density at radius 2 is 2.25 bits per heavy atom. The Kier molecular flexibility index (Phi) is 3.48. The molecule has 3 nitrogen and oxygen atoms in total. The minimum atomic E-state index is 0.0323. The Morgan fingerprint density at radius 1 is 1.40 bits per heavy atom. The van der Waals surface area contributed by atoms with Crippen molar-refractivity contribution >= 4 is 5.91 Å². The SMILES string of the molecule is CN(CC1CC2CCC1C2)C(=O)c1cccc(C#N)c1. The van der Waals surface area contributed by atoms with Crippen molar-refractivity contribution in [3.8, 4) is 6.07 Å². The molecule has 2 saturated carbocycles. The third-order valence-electron chi connectivity index (χ3n) is 4.98. The second-order valence-corrected chi connectivity index (χ2v) is 6.31. The Bertz CT molecular complexity index is 560. The van der Waals surface area contributed by atoms with Gasteiger partial charge in [0, 0.05) is 19.2 Å². The third-order valence-corrected chi connectivity index (χ3v) is 4.98. The maximum absolute atomic E-state index is 12.4. The highest BCUT2D eigenvalue weighted by atomic mass is 16.2. The first-order valence-electron chi connectivity index (χ1n) is 7.43. The molecule has 0 heterocycles. The van der Waals surface area contributed by atoms with Crippen LogP contribution in [0.25, 0.3) is 0 Å². The molecule has 0 aromatic heterocycles. The Morgan fingerprint density at radius 3 is 2.90 bits per heavy atom. The van der Waals surface area contributed by atoms with Gasteiger partial charge >= 0.3 is 0 Å². The predicted molar refractivity (Wildman–Crippen MR) is 77.1 cm³/mol. The summed E-state index contributed by atoms with van der Waals surface area (Å²) >= 11 is 0. The summed E-state index contributed by atoms with van der Waals surface area (Å²) < 4.78 is 0. The summed E-state index contributed by atoms with van der Waals surface area (Å²) in [5.74, 6) is 2.46. The molecule has 3 unspecified atom stereocenters. The van der Waals surface area contributed by atoms with Crippen molar-refractivity contribution in [2.45, 2.75) is 25.7 Å². The summed E-state index contributed by atoms with van der Waals surface area (Å²) in [7, 11) is 1.88. The standard InChI is InChI=1S/C17H20N2O/c1-19(11-16-8-12-5-6-14(16)7-12)17(20)15-4-2-3-13(9-15)10-18/h2-4,9,12,14,16H,5-8,11H2,1H3. The summed E-state index contributed by atoms with van der Waals surface area (Å²) in [4.78, 5) is 14.3. The van der Waals surface area contributed by atoms with Gasteiger partial charge in [-0.1, -0.05) is 12.5 Å². The lowest BCUT2D eigenvalue weighted by Crippen LogP contribution is -2.33. The first-order valence-corrected chi connectivity index (χ1v) is 7.43. The van der Waals surface area contributed by atoms with Crippen molar-refractivity contribution < 1.29 is 4.79 Å². The average Bonchev–Trinajstić information content (AvgIpc) is 3.09. The van der Waals surface area contributed by atoms with E-state index in [0.29, 0.717) is 17.0 Å². The Labute approximate surface area is 120 Å². The molecule has 1 amide bonds. The van der Waals surface area contributed by atoms with E-state index < -0.39 is 0 Å². The summed E-state index contributed by atoms with van der Waals surface area (Å²) in [6.07, 6.45) is 5.40. The van der Waals surface area contributed by atoms with Crippen LogP contribution in [0.1, 0.15) is 41.6 Å². The fourth-order valence-corrected chi connectivity index (χ4v) is 3.98. The zero-order valence-corrected chi connectivity index (χ0v) is 11.9. The van der Waals surface area contributed by atoms with Crippen LogP contribution in [0.5, 0.6) is 0 Å². The number of carbonyl (C=O) groups excluding carboxylic acids is 1. The van der Waals surface area contributed by atoms with Gasteiger partial charge in [-0.05, 0) is 55.2 Å². The molecule has 1 aromatic carbocycles. The second kappa shape index (κ2) is 5.28. The van der Waals surface area contributed by atoms with Crippen molar-refractivity contribution in [1.82, 2.24) is 4.90 Å². The van der Waals surface area contributed by atoms with E-state index >= 15 is 0 Å². The van der Waals surface area contributed by atoms with Gasteiger partial charge in [-0.15, -0.1) is 0 Å². The van der Waals surface area contributed by atoms with Crippen LogP contribution < -0.4 is 0 Å². The van der Waals surface area contributed by atoms with Gasteiger partial charge in [-0.25, -0.2) is 0 Å². The topological polar surface area (TPSA) is 44.1 Å². The highest BCUT2D eigenvalue weighted by Crippen LogP contribution is 2.48. The highest BCUT2D eigenvalue weighted by Gasteiger charge is 2.40. The first kappa shape index (κ1) is 13.2. The van der Waals surface area contributed by atoms with E-state index in [1.165, 1.54) is 25.7 Å². The average molecular weight is 268 g/mol.